The van der Waals surface area contributed by atoms with Gasteiger partial charge in [0.15, 0.2) is 6.61 Å². The number of carbonyl (C=O) groups is 1. The van der Waals surface area contributed by atoms with Crippen LogP contribution < -0.4 is 10.1 Å². The van der Waals surface area contributed by atoms with E-state index >= 15 is 0 Å². The Bertz CT molecular complexity index is 1070. The third-order valence-electron chi connectivity index (χ3n) is 4.83. The summed E-state index contributed by atoms with van der Waals surface area (Å²) in [5.41, 5.74) is 5.03. The number of aryl methyl sites for hydroxylation is 2. The summed E-state index contributed by atoms with van der Waals surface area (Å²) in [6.07, 6.45) is 0. The standard InChI is InChI=1S/C22H22FN3O3S/c1-14-21(16-4-7-19-18(12-16)24-20(28)13-29-19)22(15-2-5-17(23)6-3-15)26(25-14)8-10-30-11-9-27/h2-7,12,27H,8-11,13H2,1H3,(H,24,28). The van der Waals surface area contributed by atoms with Crippen molar-refractivity contribution in [1.82, 2.24) is 9.78 Å². The topological polar surface area (TPSA) is 76.4 Å². The second kappa shape index (κ2) is 8.89. The molecule has 0 radical (unpaired) electrons. The summed E-state index contributed by atoms with van der Waals surface area (Å²) in [5.74, 6) is 1.61. The van der Waals surface area contributed by atoms with Gasteiger partial charge >= 0.3 is 0 Å². The zero-order chi connectivity index (χ0) is 21.1. The van der Waals surface area contributed by atoms with Gasteiger partial charge in [0, 0.05) is 22.6 Å². The minimum absolute atomic E-state index is 0.00957. The van der Waals surface area contributed by atoms with Gasteiger partial charge in [-0.05, 0) is 48.9 Å². The fourth-order valence-electron chi connectivity index (χ4n) is 3.55. The van der Waals surface area contributed by atoms with Gasteiger partial charge in [-0.15, -0.1) is 0 Å². The molecule has 2 N–H and O–H groups in total. The average molecular weight is 428 g/mol. The summed E-state index contributed by atoms with van der Waals surface area (Å²) < 4.78 is 20.9. The fraction of sp³-hybridized carbons (Fsp3) is 0.273. The SMILES string of the molecule is Cc1nn(CCSCCO)c(-c2ccc(F)cc2)c1-c1ccc2c(c1)NC(=O)CO2. The zero-order valence-electron chi connectivity index (χ0n) is 16.5. The van der Waals surface area contributed by atoms with E-state index < -0.39 is 0 Å². The highest BCUT2D eigenvalue weighted by molar-refractivity contribution is 7.99. The summed E-state index contributed by atoms with van der Waals surface area (Å²) in [4.78, 5) is 11.7. The van der Waals surface area contributed by atoms with Crippen LogP contribution >= 0.6 is 11.8 Å². The predicted octanol–water partition coefficient (Wildman–Crippen LogP) is 3.72. The number of amides is 1. The van der Waals surface area contributed by atoms with Crippen LogP contribution in [0.1, 0.15) is 5.69 Å². The van der Waals surface area contributed by atoms with Gasteiger partial charge in [0.05, 0.1) is 30.2 Å². The van der Waals surface area contributed by atoms with Gasteiger partial charge in [0.25, 0.3) is 5.91 Å². The van der Waals surface area contributed by atoms with Crippen molar-refractivity contribution in [2.24, 2.45) is 0 Å². The van der Waals surface area contributed by atoms with Gasteiger partial charge in [-0.25, -0.2) is 4.39 Å². The van der Waals surface area contributed by atoms with Crippen molar-refractivity contribution in [3.05, 3.63) is 54.0 Å². The molecule has 6 nitrogen and oxygen atoms in total. The lowest BCUT2D eigenvalue weighted by Gasteiger charge is -2.19. The summed E-state index contributed by atoms with van der Waals surface area (Å²) in [6.45, 7) is 2.74. The lowest BCUT2D eigenvalue weighted by molar-refractivity contribution is -0.118. The van der Waals surface area contributed by atoms with Gasteiger partial charge in [-0.1, -0.05) is 6.07 Å². The zero-order valence-corrected chi connectivity index (χ0v) is 17.3. The number of aliphatic hydroxyl groups is 1. The number of nitrogens with one attached hydrogen (secondary N) is 1. The smallest absolute Gasteiger partial charge is 0.262 e. The molecular formula is C22H22FN3O3S. The molecule has 1 aliphatic rings. The monoisotopic (exact) mass is 427 g/mol. The summed E-state index contributed by atoms with van der Waals surface area (Å²) in [5, 5.41) is 16.6. The number of ether oxygens (including phenoxy) is 1. The Hall–Kier alpha value is -2.84. The number of benzene rings is 2. The number of aliphatic hydroxyl groups excluding tert-OH is 1. The van der Waals surface area contributed by atoms with E-state index in [1.807, 2.05) is 29.8 Å². The van der Waals surface area contributed by atoms with Crippen LogP contribution in [0.5, 0.6) is 5.75 Å². The van der Waals surface area contributed by atoms with Gasteiger partial charge in [-0.2, -0.15) is 16.9 Å². The molecule has 1 aliphatic heterocycles. The molecule has 0 unspecified atom stereocenters. The number of anilines is 1. The Morgan fingerprint density at radius 1 is 1.20 bits per heavy atom. The number of aromatic nitrogens is 2. The first-order valence-electron chi connectivity index (χ1n) is 9.66. The molecule has 1 amide bonds. The molecule has 0 saturated carbocycles. The number of rotatable bonds is 7. The number of carbonyl (C=O) groups excluding carboxylic acids is 1. The third-order valence-corrected chi connectivity index (χ3v) is 5.77. The highest BCUT2D eigenvalue weighted by Crippen LogP contribution is 2.39. The summed E-state index contributed by atoms with van der Waals surface area (Å²) in [7, 11) is 0. The molecule has 4 rings (SSSR count). The Morgan fingerprint density at radius 3 is 2.73 bits per heavy atom. The summed E-state index contributed by atoms with van der Waals surface area (Å²) in [6, 6.07) is 12.0. The van der Waals surface area contributed by atoms with Gasteiger partial charge in [0.2, 0.25) is 0 Å². The maximum Gasteiger partial charge on any atom is 0.262 e. The first kappa shape index (κ1) is 20.4. The van der Waals surface area contributed by atoms with Crippen molar-refractivity contribution in [2.45, 2.75) is 13.5 Å². The van der Waals surface area contributed by atoms with E-state index in [9.17, 15) is 9.18 Å². The molecular weight excluding hydrogens is 405 g/mol. The number of fused-ring (bicyclic) bond motifs is 1. The molecule has 0 spiro atoms. The number of halogens is 1. The van der Waals surface area contributed by atoms with E-state index in [-0.39, 0.29) is 24.9 Å². The quantitative estimate of drug-likeness (QED) is 0.562. The Kier molecular flexibility index (Phi) is 6.06. The molecule has 1 aromatic heterocycles. The van der Waals surface area contributed by atoms with Crippen molar-refractivity contribution in [2.75, 3.05) is 30.0 Å². The van der Waals surface area contributed by atoms with Crippen molar-refractivity contribution in [3.63, 3.8) is 0 Å². The van der Waals surface area contributed by atoms with Gasteiger partial charge in [-0.3, -0.25) is 9.48 Å². The number of hydrogen-bond acceptors (Lipinski definition) is 5. The van der Waals surface area contributed by atoms with E-state index in [0.717, 1.165) is 33.8 Å². The maximum atomic E-state index is 13.5. The molecule has 0 bridgehead atoms. The number of hydrogen-bond donors (Lipinski definition) is 2. The first-order valence-corrected chi connectivity index (χ1v) is 10.8. The Labute approximate surface area is 178 Å². The first-order chi connectivity index (χ1) is 14.6. The van der Waals surface area contributed by atoms with Crippen molar-refractivity contribution >= 4 is 23.4 Å². The van der Waals surface area contributed by atoms with Gasteiger partial charge in [0.1, 0.15) is 11.6 Å². The Balaban J connectivity index is 1.79. The van der Waals surface area contributed by atoms with Crippen LogP contribution in [0.25, 0.3) is 22.4 Å². The van der Waals surface area contributed by atoms with E-state index in [1.54, 1.807) is 23.9 Å². The largest absolute Gasteiger partial charge is 0.482 e. The van der Waals surface area contributed by atoms with Crippen LogP contribution in [0.3, 0.4) is 0 Å². The molecule has 2 heterocycles. The molecule has 2 aromatic carbocycles. The summed E-state index contributed by atoms with van der Waals surface area (Å²) >= 11 is 1.65. The minimum Gasteiger partial charge on any atom is -0.482 e. The van der Waals surface area contributed by atoms with E-state index in [1.165, 1.54) is 12.1 Å². The highest BCUT2D eigenvalue weighted by atomic mass is 32.2. The predicted molar refractivity (Wildman–Crippen MR) is 116 cm³/mol. The minimum atomic E-state index is -0.296. The van der Waals surface area contributed by atoms with Crippen LogP contribution in [0.2, 0.25) is 0 Å². The molecule has 3 aromatic rings. The average Bonchev–Trinajstić information content (AvgIpc) is 3.07. The van der Waals surface area contributed by atoms with Crippen molar-refractivity contribution in [3.8, 4) is 28.1 Å². The molecule has 0 fully saturated rings. The second-order valence-electron chi connectivity index (χ2n) is 6.92. The van der Waals surface area contributed by atoms with Crippen molar-refractivity contribution < 1.29 is 19.0 Å². The van der Waals surface area contributed by atoms with E-state index in [2.05, 4.69) is 5.32 Å². The Morgan fingerprint density at radius 2 is 1.97 bits per heavy atom. The lowest BCUT2D eigenvalue weighted by Crippen LogP contribution is -2.25. The highest BCUT2D eigenvalue weighted by Gasteiger charge is 2.22. The number of nitrogens with zero attached hydrogens (tertiary/aromatic N) is 2. The lowest BCUT2D eigenvalue weighted by atomic mass is 9.98. The van der Waals surface area contributed by atoms with E-state index in [4.69, 9.17) is 14.9 Å². The fourth-order valence-corrected chi connectivity index (χ4v) is 4.18. The molecule has 0 saturated heterocycles. The number of thioether (sulfide) groups is 1. The molecule has 0 aliphatic carbocycles. The van der Waals surface area contributed by atoms with Gasteiger partial charge < -0.3 is 15.2 Å². The maximum absolute atomic E-state index is 13.5. The van der Waals surface area contributed by atoms with E-state index in [0.29, 0.717) is 23.7 Å². The third kappa shape index (κ3) is 4.20. The molecule has 0 atom stereocenters. The second-order valence-corrected chi connectivity index (χ2v) is 8.15. The van der Waals surface area contributed by atoms with Crippen LogP contribution in [0, 0.1) is 12.7 Å². The normalized spacial score (nSPS) is 13.0. The van der Waals surface area contributed by atoms with Crippen LogP contribution in [-0.2, 0) is 11.3 Å². The molecule has 30 heavy (non-hydrogen) atoms. The van der Waals surface area contributed by atoms with Crippen LogP contribution in [-0.4, -0.2) is 45.5 Å². The van der Waals surface area contributed by atoms with Crippen LogP contribution in [0.4, 0.5) is 10.1 Å². The molecule has 156 valence electrons. The molecule has 8 heteroatoms. The van der Waals surface area contributed by atoms with Crippen molar-refractivity contribution in [1.29, 1.82) is 0 Å². The van der Waals surface area contributed by atoms with Crippen LogP contribution in [0.15, 0.2) is 42.5 Å².